The van der Waals surface area contributed by atoms with E-state index in [-0.39, 0.29) is 5.91 Å². The standard InChI is InChI=1S/C22H26N4O2/c27-21(23-12-16-13-26-8-7-22(26)6-3-18(16)22)20-17-11-15(1-2-19(17)24-25-20)14-4-9-28-10-5-14/h1-2,4,11,16,18H,3,5-10,12-13H2,(H,23,27)(H,24,25)/t16-,18?,22?/m0/s1. The molecule has 1 spiro atoms. The summed E-state index contributed by atoms with van der Waals surface area (Å²) in [5.74, 6) is 1.31. The number of hydrogen-bond donors (Lipinski definition) is 2. The molecule has 2 aromatic rings. The number of carbonyl (C=O) groups excluding carboxylic acids is 1. The number of aromatic amines is 1. The average molecular weight is 378 g/mol. The summed E-state index contributed by atoms with van der Waals surface area (Å²) < 4.78 is 5.41. The van der Waals surface area contributed by atoms with E-state index in [2.05, 4.69) is 38.6 Å². The lowest BCUT2D eigenvalue weighted by atomic mass is 9.60. The first-order valence-corrected chi connectivity index (χ1v) is 10.5. The van der Waals surface area contributed by atoms with Crippen LogP contribution in [0, 0.1) is 11.8 Å². The first-order valence-electron chi connectivity index (χ1n) is 10.5. The lowest BCUT2D eigenvalue weighted by Crippen LogP contribution is -2.63. The number of rotatable bonds is 4. The third-order valence-electron chi connectivity index (χ3n) is 7.68. The van der Waals surface area contributed by atoms with Crippen molar-refractivity contribution in [3.05, 3.63) is 35.5 Å². The Labute approximate surface area is 164 Å². The van der Waals surface area contributed by atoms with Crippen molar-refractivity contribution < 1.29 is 9.53 Å². The van der Waals surface area contributed by atoms with Crippen LogP contribution in [0.4, 0.5) is 0 Å². The van der Waals surface area contributed by atoms with E-state index in [9.17, 15) is 4.79 Å². The van der Waals surface area contributed by atoms with Gasteiger partial charge >= 0.3 is 0 Å². The summed E-state index contributed by atoms with van der Waals surface area (Å²) in [5, 5.41) is 11.4. The maximum absolute atomic E-state index is 12.9. The van der Waals surface area contributed by atoms with Crippen molar-refractivity contribution in [3.8, 4) is 0 Å². The zero-order valence-electron chi connectivity index (χ0n) is 16.0. The fourth-order valence-corrected chi connectivity index (χ4v) is 5.95. The number of benzene rings is 1. The normalized spacial score (nSPS) is 31.5. The van der Waals surface area contributed by atoms with Gasteiger partial charge in [-0.3, -0.25) is 14.8 Å². The Kier molecular flexibility index (Phi) is 3.68. The molecule has 2 unspecified atom stereocenters. The van der Waals surface area contributed by atoms with Crippen molar-refractivity contribution in [1.29, 1.82) is 0 Å². The molecule has 0 bridgehead atoms. The lowest BCUT2D eigenvalue weighted by Gasteiger charge is -2.58. The van der Waals surface area contributed by atoms with E-state index in [1.54, 1.807) is 0 Å². The molecule has 1 aromatic heterocycles. The van der Waals surface area contributed by atoms with Crippen molar-refractivity contribution in [1.82, 2.24) is 20.4 Å². The molecule has 146 valence electrons. The minimum absolute atomic E-state index is 0.0630. The fourth-order valence-electron chi connectivity index (χ4n) is 5.95. The third kappa shape index (κ3) is 2.34. The van der Waals surface area contributed by atoms with Gasteiger partial charge in [0.2, 0.25) is 0 Å². The van der Waals surface area contributed by atoms with Crippen LogP contribution in [0.1, 0.15) is 41.7 Å². The van der Waals surface area contributed by atoms with Crippen molar-refractivity contribution in [3.63, 3.8) is 0 Å². The molecule has 1 aromatic carbocycles. The molecule has 1 aliphatic carbocycles. The molecule has 3 fully saturated rings. The summed E-state index contributed by atoms with van der Waals surface area (Å²) in [6.45, 7) is 4.57. The Morgan fingerprint density at radius 1 is 1.39 bits per heavy atom. The van der Waals surface area contributed by atoms with Gasteiger partial charge in [-0.2, -0.15) is 5.10 Å². The number of fused-ring (bicyclic) bond motifs is 1. The zero-order chi connectivity index (χ0) is 18.7. The molecule has 6 rings (SSSR count). The lowest BCUT2D eigenvalue weighted by molar-refractivity contribution is -0.0695. The molecule has 1 saturated carbocycles. The third-order valence-corrected chi connectivity index (χ3v) is 7.68. The van der Waals surface area contributed by atoms with Gasteiger partial charge in [0, 0.05) is 30.6 Å². The minimum atomic E-state index is -0.0630. The number of amides is 1. The van der Waals surface area contributed by atoms with Gasteiger partial charge in [0.1, 0.15) is 0 Å². The Bertz CT molecular complexity index is 976. The van der Waals surface area contributed by atoms with Crippen molar-refractivity contribution >= 4 is 22.4 Å². The second kappa shape index (κ2) is 6.16. The molecule has 4 heterocycles. The van der Waals surface area contributed by atoms with Crippen LogP contribution >= 0.6 is 0 Å². The number of nitrogens with zero attached hydrogens (tertiary/aromatic N) is 2. The molecular weight excluding hydrogens is 352 g/mol. The van der Waals surface area contributed by atoms with Crippen LogP contribution in [0.3, 0.4) is 0 Å². The molecule has 1 amide bonds. The van der Waals surface area contributed by atoms with Gasteiger partial charge in [-0.15, -0.1) is 0 Å². The predicted octanol–water partition coefficient (Wildman–Crippen LogP) is 2.58. The fraction of sp³-hybridized carbons (Fsp3) is 0.545. The van der Waals surface area contributed by atoms with Gasteiger partial charge in [0.25, 0.3) is 5.91 Å². The van der Waals surface area contributed by atoms with Crippen LogP contribution in [0.5, 0.6) is 0 Å². The maximum Gasteiger partial charge on any atom is 0.272 e. The van der Waals surface area contributed by atoms with Crippen molar-refractivity contribution in [2.75, 3.05) is 32.8 Å². The zero-order valence-corrected chi connectivity index (χ0v) is 16.0. The van der Waals surface area contributed by atoms with Crippen LogP contribution in [0.2, 0.25) is 0 Å². The summed E-state index contributed by atoms with van der Waals surface area (Å²) in [7, 11) is 0. The smallest absolute Gasteiger partial charge is 0.272 e. The van der Waals surface area contributed by atoms with Crippen molar-refractivity contribution in [2.24, 2.45) is 11.8 Å². The van der Waals surface area contributed by atoms with E-state index in [0.717, 1.165) is 48.5 Å². The highest BCUT2D eigenvalue weighted by Crippen LogP contribution is 2.59. The van der Waals surface area contributed by atoms with E-state index in [1.807, 2.05) is 6.07 Å². The molecule has 3 atom stereocenters. The first-order chi connectivity index (χ1) is 13.7. The van der Waals surface area contributed by atoms with E-state index >= 15 is 0 Å². The number of aromatic nitrogens is 2. The predicted molar refractivity (Wildman–Crippen MR) is 107 cm³/mol. The molecule has 4 aliphatic rings. The highest BCUT2D eigenvalue weighted by molar-refractivity contribution is 6.05. The van der Waals surface area contributed by atoms with Gasteiger partial charge in [-0.05, 0) is 60.8 Å². The second-order valence-corrected chi connectivity index (χ2v) is 8.80. The van der Waals surface area contributed by atoms with E-state index in [1.165, 1.54) is 31.4 Å². The molecule has 0 radical (unpaired) electrons. The molecule has 2 saturated heterocycles. The highest BCUT2D eigenvalue weighted by Gasteiger charge is 2.63. The van der Waals surface area contributed by atoms with Gasteiger partial charge in [0.05, 0.1) is 18.7 Å². The average Bonchev–Trinajstić information content (AvgIpc) is 3.16. The minimum Gasteiger partial charge on any atom is -0.377 e. The number of hydrogen-bond acceptors (Lipinski definition) is 4. The number of nitrogens with one attached hydrogen (secondary N) is 2. The van der Waals surface area contributed by atoms with Crippen LogP contribution < -0.4 is 5.32 Å². The summed E-state index contributed by atoms with van der Waals surface area (Å²) in [5.41, 5.74) is 4.37. The summed E-state index contributed by atoms with van der Waals surface area (Å²) in [6, 6.07) is 6.20. The van der Waals surface area contributed by atoms with Crippen LogP contribution in [0.15, 0.2) is 24.3 Å². The number of carbonyl (C=O) groups is 1. The molecule has 2 N–H and O–H groups in total. The van der Waals surface area contributed by atoms with E-state index in [4.69, 9.17) is 4.74 Å². The van der Waals surface area contributed by atoms with Crippen LogP contribution in [0.25, 0.3) is 16.5 Å². The maximum atomic E-state index is 12.9. The molecular formula is C22H26N4O2. The second-order valence-electron chi connectivity index (χ2n) is 8.80. The molecule has 6 heteroatoms. The van der Waals surface area contributed by atoms with Gasteiger partial charge in [0.15, 0.2) is 5.69 Å². The quantitative estimate of drug-likeness (QED) is 0.858. The largest absolute Gasteiger partial charge is 0.377 e. The highest BCUT2D eigenvalue weighted by atomic mass is 16.5. The van der Waals surface area contributed by atoms with Gasteiger partial charge in [-0.1, -0.05) is 12.1 Å². The topological polar surface area (TPSA) is 70.2 Å². The Hall–Kier alpha value is -2.18. The molecule has 28 heavy (non-hydrogen) atoms. The number of H-pyrrole nitrogens is 1. The van der Waals surface area contributed by atoms with E-state index in [0.29, 0.717) is 23.8 Å². The summed E-state index contributed by atoms with van der Waals surface area (Å²) in [4.78, 5) is 15.6. The Morgan fingerprint density at radius 2 is 2.36 bits per heavy atom. The van der Waals surface area contributed by atoms with Gasteiger partial charge < -0.3 is 10.1 Å². The van der Waals surface area contributed by atoms with E-state index < -0.39 is 0 Å². The summed E-state index contributed by atoms with van der Waals surface area (Å²) in [6.07, 6.45) is 7.07. The molecule has 6 nitrogen and oxygen atoms in total. The van der Waals surface area contributed by atoms with Gasteiger partial charge in [-0.25, -0.2) is 0 Å². The van der Waals surface area contributed by atoms with Crippen LogP contribution in [-0.4, -0.2) is 59.4 Å². The Morgan fingerprint density at radius 3 is 3.07 bits per heavy atom. The Balaban J connectivity index is 1.20. The van der Waals surface area contributed by atoms with Crippen LogP contribution in [-0.2, 0) is 4.74 Å². The van der Waals surface area contributed by atoms with Crippen molar-refractivity contribution in [2.45, 2.75) is 31.2 Å². The number of ether oxygens (including phenoxy) is 1. The monoisotopic (exact) mass is 378 g/mol. The summed E-state index contributed by atoms with van der Waals surface area (Å²) >= 11 is 0. The SMILES string of the molecule is O=C(NC[C@H]1CN2CCC23CCC13)c1n[nH]c2ccc(C3=CCOCC3)cc12. The first kappa shape index (κ1) is 16.7. The molecule has 3 aliphatic heterocycles.